The topological polar surface area (TPSA) is 65.6 Å². The fourth-order valence-corrected chi connectivity index (χ4v) is 5.32. The second-order valence-corrected chi connectivity index (χ2v) is 9.41. The predicted octanol–water partition coefficient (Wildman–Crippen LogP) is 4.01. The second-order valence-electron chi connectivity index (χ2n) is 9.41. The summed E-state index contributed by atoms with van der Waals surface area (Å²) >= 11 is 0. The summed E-state index contributed by atoms with van der Waals surface area (Å²) in [5, 5.41) is 1.13. The van der Waals surface area contributed by atoms with Crippen LogP contribution in [0.5, 0.6) is 0 Å². The molecule has 0 radical (unpaired) electrons. The standard InChI is InChI=1S/C27H31N3O3/c1-17(2)18-9-11-19(12-10-18)26-25-21(20-7-4-5-8-22(20)28-25)15-23-27(32)29(13-6-14-33-3)16-24(31)30(23)26/h4-5,7-12,17,23,26,28H,6,13-16H2,1-3H3/t23-,26-/m0/s1. The van der Waals surface area contributed by atoms with Gasteiger partial charge in [0.2, 0.25) is 11.8 Å². The molecule has 3 aromatic rings. The maximum Gasteiger partial charge on any atom is 0.246 e. The van der Waals surface area contributed by atoms with Crippen LogP contribution >= 0.6 is 0 Å². The van der Waals surface area contributed by atoms with Crippen molar-refractivity contribution in [2.75, 3.05) is 26.8 Å². The molecule has 0 unspecified atom stereocenters. The predicted molar refractivity (Wildman–Crippen MR) is 128 cm³/mol. The van der Waals surface area contributed by atoms with Gasteiger partial charge in [-0.2, -0.15) is 0 Å². The van der Waals surface area contributed by atoms with Crippen LogP contribution in [0.25, 0.3) is 10.9 Å². The van der Waals surface area contributed by atoms with Gasteiger partial charge >= 0.3 is 0 Å². The molecule has 2 aliphatic rings. The zero-order chi connectivity index (χ0) is 23.1. The number of nitrogens with zero attached hydrogens (tertiary/aromatic N) is 2. The van der Waals surface area contributed by atoms with Gasteiger partial charge < -0.3 is 19.5 Å². The number of methoxy groups -OCH3 is 1. The normalized spacial score (nSPS) is 20.5. The fraction of sp³-hybridized carbons (Fsp3) is 0.407. The lowest BCUT2D eigenvalue weighted by atomic mass is 9.85. The van der Waals surface area contributed by atoms with E-state index in [1.165, 1.54) is 5.56 Å². The number of rotatable bonds is 6. The number of aromatic nitrogens is 1. The van der Waals surface area contributed by atoms with Crippen LogP contribution in [0.4, 0.5) is 0 Å². The van der Waals surface area contributed by atoms with Gasteiger partial charge in [0.1, 0.15) is 6.04 Å². The number of benzene rings is 2. The minimum absolute atomic E-state index is 0.000686. The molecule has 2 aromatic carbocycles. The zero-order valence-corrected chi connectivity index (χ0v) is 19.5. The number of H-pyrrole nitrogens is 1. The highest BCUT2D eigenvalue weighted by Gasteiger charge is 2.48. The number of fused-ring (bicyclic) bond motifs is 4. The van der Waals surface area contributed by atoms with Crippen LogP contribution in [0.1, 0.15) is 54.6 Å². The molecule has 2 atom stereocenters. The van der Waals surface area contributed by atoms with E-state index in [1.54, 1.807) is 12.0 Å². The van der Waals surface area contributed by atoms with Crippen molar-refractivity contribution in [3.8, 4) is 0 Å². The molecule has 0 bridgehead atoms. The Balaban J connectivity index is 1.60. The molecule has 0 spiro atoms. The number of amides is 2. The van der Waals surface area contributed by atoms with Gasteiger partial charge in [0.05, 0.1) is 12.6 Å². The van der Waals surface area contributed by atoms with Crippen LogP contribution in [0, 0.1) is 0 Å². The van der Waals surface area contributed by atoms with Crippen LogP contribution in [0.2, 0.25) is 0 Å². The van der Waals surface area contributed by atoms with E-state index in [-0.39, 0.29) is 24.4 Å². The monoisotopic (exact) mass is 445 g/mol. The van der Waals surface area contributed by atoms with Crippen molar-refractivity contribution in [2.24, 2.45) is 0 Å². The number of carbonyl (C=O) groups is 2. The Morgan fingerprint density at radius 3 is 2.58 bits per heavy atom. The molecule has 1 fully saturated rings. The maximum absolute atomic E-state index is 13.6. The first-order valence-corrected chi connectivity index (χ1v) is 11.8. The SMILES string of the molecule is COCCCN1CC(=O)N2[C@@H](c3ccc(C(C)C)cc3)c3[nH]c4ccccc4c3C[C@H]2C1=O. The third-order valence-electron chi connectivity index (χ3n) is 7.04. The van der Waals surface area contributed by atoms with Crippen molar-refractivity contribution in [3.05, 3.63) is 70.9 Å². The molecule has 1 N–H and O–H groups in total. The highest BCUT2D eigenvalue weighted by molar-refractivity contribution is 5.97. The summed E-state index contributed by atoms with van der Waals surface area (Å²) in [5.74, 6) is 0.463. The molecule has 33 heavy (non-hydrogen) atoms. The van der Waals surface area contributed by atoms with Crippen molar-refractivity contribution in [3.63, 3.8) is 0 Å². The number of hydrogen-bond donors (Lipinski definition) is 1. The first-order chi connectivity index (χ1) is 16.0. The Hall–Kier alpha value is -3.12. The smallest absolute Gasteiger partial charge is 0.246 e. The molecular formula is C27H31N3O3. The van der Waals surface area contributed by atoms with E-state index >= 15 is 0 Å². The number of piperazine rings is 1. The number of hydrogen-bond acceptors (Lipinski definition) is 3. The van der Waals surface area contributed by atoms with Gasteiger partial charge in [0.25, 0.3) is 0 Å². The van der Waals surface area contributed by atoms with E-state index in [1.807, 2.05) is 17.0 Å². The quantitative estimate of drug-likeness (QED) is 0.583. The molecule has 172 valence electrons. The lowest BCUT2D eigenvalue weighted by molar-refractivity contribution is -0.158. The summed E-state index contributed by atoms with van der Waals surface area (Å²) in [4.78, 5) is 34.2. The molecule has 2 amide bonds. The highest BCUT2D eigenvalue weighted by Crippen LogP contribution is 2.42. The maximum atomic E-state index is 13.6. The van der Waals surface area contributed by atoms with Crippen molar-refractivity contribution in [1.29, 1.82) is 0 Å². The molecule has 2 aliphatic heterocycles. The Kier molecular flexibility index (Phi) is 5.71. The fourth-order valence-electron chi connectivity index (χ4n) is 5.32. The van der Waals surface area contributed by atoms with E-state index in [2.05, 4.69) is 55.2 Å². The number of para-hydroxylation sites is 1. The third-order valence-corrected chi connectivity index (χ3v) is 7.04. The summed E-state index contributed by atoms with van der Waals surface area (Å²) in [6, 6.07) is 15.9. The van der Waals surface area contributed by atoms with E-state index in [9.17, 15) is 9.59 Å². The number of ether oxygens (including phenoxy) is 1. The molecule has 3 heterocycles. The van der Waals surface area contributed by atoms with Crippen LogP contribution < -0.4 is 0 Å². The van der Waals surface area contributed by atoms with Gasteiger partial charge in [-0.25, -0.2) is 0 Å². The minimum atomic E-state index is -0.490. The zero-order valence-electron chi connectivity index (χ0n) is 19.5. The van der Waals surface area contributed by atoms with Gasteiger partial charge in [-0.1, -0.05) is 56.3 Å². The van der Waals surface area contributed by atoms with Crippen molar-refractivity contribution < 1.29 is 14.3 Å². The molecule has 0 aliphatic carbocycles. The first-order valence-electron chi connectivity index (χ1n) is 11.8. The van der Waals surface area contributed by atoms with Gasteiger partial charge in [-0.05, 0) is 35.1 Å². The molecule has 6 nitrogen and oxygen atoms in total. The van der Waals surface area contributed by atoms with E-state index in [0.29, 0.717) is 25.5 Å². The average Bonchev–Trinajstić information content (AvgIpc) is 3.19. The largest absolute Gasteiger partial charge is 0.385 e. The summed E-state index contributed by atoms with van der Waals surface area (Å²) < 4.78 is 5.15. The molecule has 1 saturated heterocycles. The average molecular weight is 446 g/mol. The van der Waals surface area contributed by atoms with E-state index in [4.69, 9.17) is 4.74 Å². The van der Waals surface area contributed by atoms with Crippen LogP contribution in [0.3, 0.4) is 0 Å². The minimum Gasteiger partial charge on any atom is -0.385 e. The number of nitrogens with one attached hydrogen (secondary N) is 1. The molecule has 1 aromatic heterocycles. The van der Waals surface area contributed by atoms with Gasteiger partial charge in [-0.15, -0.1) is 0 Å². The van der Waals surface area contributed by atoms with Crippen LogP contribution in [0.15, 0.2) is 48.5 Å². The molecule has 5 rings (SSSR count). The summed E-state index contributed by atoms with van der Waals surface area (Å²) in [6.07, 6.45) is 1.26. The third kappa shape index (κ3) is 3.72. The van der Waals surface area contributed by atoms with Gasteiger partial charge in [0, 0.05) is 43.3 Å². The van der Waals surface area contributed by atoms with Crippen molar-refractivity contribution in [2.45, 2.75) is 44.7 Å². The van der Waals surface area contributed by atoms with E-state index < -0.39 is 6.04 Å². The number of aromatic amines is 1. The Morgan fingerprint density at radius 2 is 1.85 bits per heavy atom. The summed E-state index contributed by atoms with van der Waals surface area (Å²) in [6.45, 7) is 5.58. The Bertz CT molecular complexity index is 1180. The van der Waals surface area contributed by atoms with Crippen molar-refractivity contribution in [1.82, 2.24) is 14.8 Å². The van der Waals surface area contributed by atoms with Gasteiger partial charge in [-0.3, -0.25) is 9.59 Å². The van der Waals surface area contributed by atoms with E-state index in [0.717, 1.165) is 34.1 Å². The molecular weight excluding hydrogens is 414 g/mol. The Labute approximate surface area is 194 Å². The first kappa shape index (κ1) is 21.7. The molecule has 6 heteroatoms. The molecule has 0 saturated carbocycles. The van der Waals surface area contributed by atoms with Crippen LogP contribution in [-0.4, -0.2) is 59.4 Å². The Morgan fingerprint density at radius 1 is 1.09 bits per heavy atom. The summed E-state index contributed by atoms with van der Waals surface area (Å²) in [7, 11) is 1.65. The summed E-state index contributed by atoms with van der Waals surface area (Å²) in [5.41, 5.74) is 5.51. The number of carbonyl (C=O) groups excluding carboxylic acids is 2. The lowest BCUT2D eigenvalue weighted by Crippen LogP contribution is -2.63. The van der Waals surface area contributed by atoms with Gasteiger partial charge in [0.15, 0.2) is 0 Å². The highest BCUT2D eigenvalue weighted by atomic mass is 16.5. The van der Waals surface area contributed by atoms with Crippen LogP contribution in [-0.2, 0) is 20.7 Å². The second kappa shape index (κ2) is 8.67. The lowest BCUT2D eigenvalue weighted by Gasteiger charge is -2.47. The van der Waals surface area contributed by atoms with Crippen molar-refractivity contribution >= 4 is 22.7 Å².